The van der Waals surface area contributed by atoms with Crippen molar-refractivity contribution in [3.63, 3.8) is 0 Å². The zero-order valence-corrected chi connectivity index (χ0v) is 13.7. The van der Waals surface area contributed by atoms with E-state index in [9.17, 15) is 9.00 Å². The fraction of sp³-hybridized carbons (Fsp3) is 0.214. The molecule has 1 aromatic carbocycles. The van der Waals surface area contributed by atoms with Crippen LogP contribution in [-0.2, 0) is 22.3 Å². The molecular formula is C14H13ClN4O3S. The van der Waals surface area contributed by atoms with Gasteiger partial charge < -0.3 is 9.72 Å². The van der Waals surface area contributed by atoms with Crippen molar-refractivity contribution in [2.24, 2.45) is 0 Å². The summed E-state index contributed by atoms with van der Waals surface area (Å²) in [6, 6.07) is 5.18. The highest BCUT2D eigenvalue weighted by Crippen LogP contribution is 2.24. The Morgan fingerprint density at radius 1 is 1.35 bits per heavy atom. The number of ether oxygens (including phenoxy) is 1. The molecule has 1 atom stereocenters. The predicted molar refractivity (Wildman–Crippen MR) is 87.2 cm³/mol. The number of aromatic amines is 1. The standard InChI is InChI=1S/C14H13ClN4O3S/c1-22-11-3-2-10(15)6-9(11)7-23(21)8-12-17-18-13-14(20)16-4-5-19(12)13/h2-6H,7-8H2,1H3,(H,16,20). The highest BCUT2D eigenvalue weighted by molar-refractivity contribution is 7.83. The summed E-state index contributed by atoms with van der Waals surface area (Å²) in [7, 11) is 0.292. The molecule has 23 heavy (non-hydrogen) atoms. The van der Waals surface area contributed by atoms with Gasteiger partial charge in [0.1, 0.15) is 11.6 Å². The molecule has 0 spiro atoms. The molecule has 120 valence electrons. The third kappa shape index (κ3) is 3.27. The lowest BCUT2D eigenvalue weighted by Crippen LogP contribution is -2.10. The van der Waals surface area contributed by atoms with Crippen LogP contribution in [-0.4, -0.2) is 30.9 Å². The van der Waals surface area contributed by atoms with Crippen LogP contribution in [0.15, 0.2) is 35.4 Å². The van der Waals surface area contributed by atoms with E-state index in [1.807, 2.05) is 0 Å². The van der Waals surface area contributed by atoms with Gasteiger partial charge in [-0.25, -0.2) is 0 Å². The van der Waals surface area contributed by atoms with Gasteiger partial charge in [0.25, 0.3) is 5.56 Å². The van der Waals surface area contributed by atoms with Crippen molar-refractivity contribution < 1.29 is 8.95 Å². The van der Waals surface area contributed by atoms with Gasteiger partial charge in [-0.15, -0.1) is 10.2 Å². The lowest BCUT2D eigenvalue weighted by Gasteiger charge is -2.08. The third-order valence-corrected chi connectivity index (χ3v) is 4.70. The summed E-state index contributed by atoms with van der Waals surface area (Å²) < 4.78 is 19.2. The van der Waals surface area contributed by atoms with Crippen LogP contribution in [0, 0.1) is 0 Å². The number of H-pyrrole nitrogens is 1. The smallest absolute Gasteiger partial charge is 0.293 e. The summed E-state index contributed by atoms with van der Waals surface area (Å²) in [5.74, 6) is 1.53. The molecule has 0 aliphatic heterocycles. The fourth-order valence-corrected chi connectivity index (χ4v) is 3.57. The Hall–Kier alpha value is -2.19. The summed E-state index contributed by atoms with van der Waals surface area (Å²) in [6.45, 7) is 0. The van der Waals surface area contributed by atoms with Crippen LogP contribution in [0.25, 0.3) is 5.65 Å². The SMILES string of the molecule is COc1ccc(Cl)cc1CS(=O)Cc1nnc2c(=O)[nH]ccn12. The van der Waals surface area contributed by atoms with Crippen molar-refractivity contribution in [3.8, 4) is 5.75 Å². The Kier molecular flexibility index (Phi) is 4.44. The Morgan fingerprint density at radius 2 is 2.17 bits per heavy atom. The minimum absolute atomic E-state index is 0.167. The molecule has 0 amide bonds. The first-order valence-electron chi connectivity index (χ1n) is 6.67. The lowest BCUT2D eigenvalue weighted by atomic mass is 10.2. The highest BCUT2D eigenvalue weighted by Gasteiger charge is 2.14. The van der Waals surface area contributed by atoms with E-state index in [-0.39, 0.29) is 22.7 Å². The van der Waals surface area contributed by atoms with Crippen LogP contribution >= 0.6 is 11.6 Å². The van der Waals surface area contributed by atoms with Gasteiger partial charge in [-0.05, 0) is 18.2 Å². The van der Waals surface area contributed by atoms with Crippen LogP contribution in [0.4, 0.5) is 0 Å². The van der Waals surface area contributed by atoms with Gasteiger partial charge in [0.05, 0.1) is 18.6 Å². The Morgan fingerprint density at radius 3 is 2.96 bits per heavy atom. The zero-order chi connectivity index (χ0) is 16.4. The fourth-order valence-electron chi connectivity index (χ4n) is 2.21. The molecule has 3 rings (SSSR count). The lowest BCUT2D eigenvalue weighted by molar-refractivity contribution is 0.411. The molecular weight excluding hydrogens is 340 g/mol. The monoisotopic (exact) mass is 352 g/mol. The molecule has 2 aromatic heterocycles. The maximum atomic E-state index is 12.4. The van der Waals surface area contributed by atoms with Crippen molar-refractivity contribution in [3.05, 3.63) is 57.4 Å². The Balaban J connectivity index is 1.83. The number of hydrogen-bond donors (Lipinski definition) is 1. The number of nitrogens with one attached hydrogen (secondary N) is 1. The minimum Gasteiger partial charge on any atom is -0.496 e. The average Bonchev–Trinajstić information content (AvgIpc) is 2.92. The van der Waals surface area contributed by atoms with Gasteiger partial charge in [-0.1, -0.05) is 11.6 Å². The number of methoxy groups -OCH3 is 1. The van der Waals surface area contributed by atoms with E-state index in [2.05, 4.69) is 15.2 Å². The number of nitrogens with zero attached hydrogens (tertiary/aromatic N) is 3. The largest absolute Gasteiger partial charge is 0.496 e. The first kappa shape index (κ1) is 15.7. The van der Waals surface area contributed by atoms with Gasteiger partial charge in [0, 0.05) is 33.8 Å². The summed E-state index contributed by atoms with van der Waals surface area (Å²) in [4.78, 5) is 14.1. The topological polar surface area (TPSA) is 89.3 Å². The predicted octanol–water partition coefficient (Wildman–Crippen LogP) is 1.53. The highest BCUT2D eigenvalue weighted by atomic mass is 35.5. The van der Waals surface area contributed by atoms with E-state index in [0.29, 0.717) is 16.6 Å². The first-order chi connectivity index (χ1) is 11.1. The average molecular weight is 353 g/mol. The quantitative estimate of drug-likeness (QED) is 0.752. The third-order valence-electron chi connectivity index (χ3n) is 3.26. The van der Waals surface area contributed by atoms with Crippen molar-refractivity contribution >= 4 is 28.0 Å². The summed E-state index contributed by atoms with van der Waals surface area (Å²) in [5.41, 5.74) is 0.596. The number of benzene rings is 1. The molecule has 0 aliphatic rings. The number of hydrogen-bond acceptors (Lipinski definition) is 5. The summed E-state index contributed by atoms with van der Waals surface area (Å²) in [6.07, 6.45) is 3.12. The van der Waals surface area contributed by atoms with Gasteiger partial charge in [0.2, 0.25) is 5.65 Å². The van der Waals surface area contributed by atoms with Gasteiger partial charge in [-0.2, -0.15) is 0 Å². The van der Waals surface area contributed by atoms with Crippen LogP contribution < -0.4 is 10.3 Å². The van der Waals surface area contributed by atoms with Crippen LogP contribution in [0.2, 0.25) is 5.02 Å². The van der Waals surface area contributed by atoms with Gasteiger partial charge >= 0.3 is 0 Å². The Labute approximate surface area is 138 Å². The number of rotatable bonds is 5. The van der Waals surface area contributed by atoms with Crippen molar-refractivity contribution in [2.75, 3.05) is 7.11 Å². The second-order valence-corrected chi connectivity index (χ2v) is 6.68. The van der Waals surface area contributed by atoms with Crippen molar-refractivity contribution in [1.29, 1.82) is 0 Å². The molecule has 7 nitrogen and oxygen atoms in total. The molecule has 0 saturated carbocycles. The van der Waals surface area contributed by atoms with E-state index in [1.165, 1.54) is 10.6 Å². The number of halogens is 1. The maximum Gasteiger partial charge on any atom is 0.293 e. The normalized spacial score (nSPS) is 12.4. The van der Waals surface area contributed by atoms with Crippen molar-refractivity contribution in [1.82, 2.24) is 19.6 Å². The first-order valence-corrected chi connectivity index (χ1v) is 8.54. The molecule has 0 saturated heterocycles. The van der Waals surface area contributed by atoms with Crippen LogP contribution in [0.3, 0.4) is 0 Å². The molecule has 9 heteroatoms. The second-order valence-electron chi connectivity index (χ2n) is 4.78. The van der Waals surface area contributed by atoms with E-state index in [0.717, 1.165) is 5.56 Å². The van der Waals surface area contributed by atoms with Gasteiger partial charge in [0.15, 0.2) is 0 Å². The van der Waals surface area contributed by atoms with E-state index in [1.54, 1.807) is 31.5 Å². The summed E-state index contributed by atoms with van der Waals surface area (Å²) in [5, 5.41) is 8.31. The van der Waals surface area contributed by atoms with Gasteiger partial charge in [-0.3, -0.25) is 13.4 Å². The van der Waals surface area contributed by atoms with Crippen LogP contribution in [0.5, 0.6) is 5.75 Å². The number of aromatic nitrogens is 4. The molecule has 0 radical (unpaired) electrons. The molecule has 3 aromatic rings. The van der Waals surface area contributed by atoms with E-state index in [4.69, 9.17) is 16.3 Å². The second kappa shape index (κ2) is 6.51. The molecule has 0 aliphatic carbocycles. The van der Waals surface area contributed by atoms with Crippen LogP contribution in [0.1, 0.15) is 11.4 Å². The molecule has 0 bridgehead atoms. The number of fused-ring (bicyclic) bond motifs is 1. The minimum atomic E-state index is -1.26. The van der Waals surface area contributed by atoms with Crippen molar-refractivity contribution in [2.45, 2.75) is 11.5 Å². The van der Waals surface area contributed by atoms with E-state index >= 15 is 0 Å². The molecule has 0 fully saturated rings. The zero-order valence-electron chi connectivity index (χ0n) is 12.2. The molecule has 1 unspecified atom stereocenters. The maximum absolute atomic E-state index is 12.4. The molecule has 2 heterocycles. The molecule has 1 N–H and O–H groups in total. The Bertz CT molecular complexity index is 937. The van der Waals surface area contributed by atoms with E-state index < -0.39 is 10.8 Å². The summed E-state index contributed by atoms with van der Waals surface area (Å²) >= 11 is 5.98.